The third-order valence-corrected chi connectivity index (χ3v) is 3.54. The van der Waals surface area contributed by atoms with Gasteiger partial charge in [-0.1, -0.05) is 30.3 Å². The molecule has 0 aromatic heterocycles. The van der Waals surface area contributed by atoms with Crippen molar-refractivity contribution in [1.82, 2.24) is 5.32 Å². The molecule has 0 saturated heterocycles. The Hall–Kier alpha value is -3.35. The predicted octanol–water partition coefficient (Wildman–Crippen LogP) is 1.89. The van der Waals surface area contributed by atoms with E-state index < -0.39 is 30.5 Å². The topological polar surface area (TPSA) is 90.9 Å². The van der Waals surface area contributed by atoms with E-state index in [1.54, 1.807) is 55.6 Å². The molecule has 7 nitrogen and oxygen atoms in total. The summed E-state index contributed by atoms with van der Waals surface area (Å²) in [5, 5.41) is 2.18. The number of imide groups is 1. The second-order valence-corrected chi connectivity index (χ2v) is 5.68. The van der Waals surface area contributed by atoms with Crippen LogP contribution in [0.15, 0.2) is 54.6 Å². The molecule has 142 valence electrons. The molecule has 0 aliphatic rings. The highest BCUT2D eigenvalue weighted by Gasteiger charge is 2.18. The molecule has 0 spiro atoms. The third kappa shape index (κ3) is 6.81. The molecule has 1 atom stereocenters. The van der Waals surface area contributed by atoms with Gasteiger partial charge in [0, 0.05) is 0 Å². The Morgan fingerprint density at radius 1 is 0.926 bits per heavy atom. The highest BCUT2D eigenvalue weighted by molar-refractivity contribution is 5.97. The van der Waals surface area contributed by atoms with Crippen molar-refractivity contribution < 1.29 is 28.6 Å². The van der Waals surface area contributed by atoms with Gasteiger partial charge in [-0.2, -0.15) is 0 Å². The van der Waals surface area contributed by atoms with Crippen LogP contribution in [0.2, 0.25) is 0 Å². The van der Waals surface area contributed by atoms with Crippen molar-refractivity contribution in [3.8, 4) is 11.5 Å². The molecule has 27 heavy (non-hydrogen) atoms. The lowest BCUT2D eigenvalue weighted by molar-refractivity contribution is -0.155. The quantitative estimate of drug-likeness (QED) is 0.713. The van der Waals surface area contributed by atoms with E-state index in [4.69, 9.17) is 14.2 Å². The van der Waals surface area contributed by atoms with Gasteiger partial charge >= 0.3 is 5.97 Å². The maximum absolute atomic E-state index is 11.9. The van der Waals surface area contributed by atoms with Gasteiger partial charge in [0.05, 0.1) is 13.5 Å². The molecule has 1 unspecified atom stereocenters. The number of carbonyl (C=O) groups excluding carboxylic acids is 3. The number of carbonyl (C=O) groups is 3. The van der Waals surface area contributed by atoms with Crippen molar-refractivity contribution >= 4 is 17.8 Å². The van der Waals surface area contributed by atoms with Gasteiger partial charge in [0.15, 0.2) is 12.7 Å². The molecule has 7 heteroatoms. The zero-order valence-electron chi connectivity index (χ0n) is 15.1. The Kier molecular flexibility index (Phi) is 7.37. The summed E-state index contributed by atoms with van der Waals surface area (Å²) in [5.74, 6) is -0.751. The van der Waals surface area contributed by atoms with Gasteiger partial charge in [-0.3, -0.25) is 14.9 Å². The Morgan fingerprint density at radius 2 is 1.56 bits per heavy atom. The molecule has 0 aliphatic carbocycles. The highest BCUT2D eigenvalue weighted by atomic mass is 16.6. The van der Waals surface area contributed by atoms with Crippen LogP contribution in [0, 0.1) is 0 Å². The van der Waals surface area contributed by atoms with E-state index in [0.29, 0.717) is 11.5 Å². The van der Waals surface area contributed by atoms with Crippen LogP contribution in [0.3, 0.4) is 0 Å². The minimum atomic E-state index is -0.911. The molecule has 0 radical (unpaired) electrons. The van der Waals surface area contributed by atoms with E-state index in [0.717, 1.165) is 5.56 Å². The summed E-state index contributed by atoms with van der Waals surface area (Å²) in [6.45, 7) is 0.945. The average Bonchev–Trinajstić information content (AvgIpc) is 2.67. The standard InChI is InChI=1S/C20H21NO6/c1-14(27-17-10-8-16(25-2)9-11-17)20(24)26-13-19(23)21-18(22)12-15-6-4-3-5-7-15/h3-11,14H,12-13H2,1-2H3,(H,21,22,23). The molecule has 2 amide bonds. The van der Waals surface area contributed by atoms with Crippen molar-refractivity contribution in [2.75, 3.05) is 13.7 Å². The normalized spacial score (nSPS) is 11.2. The van der Waals surface area contributed by atoms with Crippen LogP contribution in [0.4, 0.5) is 0 Å². The molecule has 2 aromatic rings. The van der Waals surface area contributed by atoms with Gasteiger partial charge in [0.1, 0.15) is 11.5 Å². The number of amides is 2. The van der Waals surface area contributed by atoms with Crippen LogP contribution in [0.25, 0.3) is 0 Å². The van der Waals surface area contributed by atoms with Crippen LogP contribution in [-0.2, 0) is 25.5 Å². The molecular formula is C20H21NO6. The number of rotatable bonds is 8. The van der Waals surface area contributed by atoms with E-state index in [2.05, 4.69) is 5.32 Å². The summed E-state index contributed by atoms with van der Waals surface area (Å²) >= 11 is 0. The lowest BCUT2D eigenvalue weighted by Gasteiger charge is -2.14. The molecule has 0 heterocycles. The van der Waals surface area contributed by atoms with Gasteiger partial charge in [-0.05, 0) is 36.8 Å². The van der Waals surface area contributed by atoms with Gasteiger partial charge < -0.3 is 14.2 Å². The third-order valence-electron chi connectivity index (χ3n) is 3.54. The van der Waals surface area contributed by atoms with E-state index in [-0.39, 0.29) is 6.42 Å². The van der Waals surface area contributed by atoms with E-state index in [9.17, 15) is 14.4 Å². The number of methoxy groups -OCH3 is 1. The molecule has 2 aromatic carbocycles. The minimum Gasteiger partial charge on any atom is -0.497 e. The summed E-state index contributed by atoms with van der Waals surface area (Å²) in [4.78, 5) is 35.4. The van der Waals surface area contributed by atoms with Crippen LogP contribution in [-0.4, -0.2) is 37.6 Å². The Labute approximate surface area is 157 Å². The predicted molar refractivity (Wildman–Crippen MR) is 97.3 cm³/mol. The zero-order valence-corrected chi connectivity index (χ0v) is 15.1. The van der Waals surface area contributed by atoms with Crippen molar-refractivity contribution in [2.45, 2.75) is 19.4 Å². The van der Waals surface area contributed by atoms with Gasteiger partial charge in [0.2, 0.25) is 5.91 Å². The SMILES string of the molecule is COc1ccc(OC(C)C(=O)OCC(=O)NC(=O)Cc2ccccc2)cc1. The van der Waals surface area contributed by atoms with E-state index in [1.807, 2.05) is 6.07 Å². The number of nitrogens with one attached hydrogen (secondary N) is 1. The minimum absolute atomic E-state index is 0.0670. The number of benzene rings is 2. The van der Waals surface area contributed by atoms with E-state index >= 15 is 0 Å². The summed E-state index contributed by atoms with van der Waals surface area (Å²) in [7, 11) is 1.55. The number of ether oxygens (including phenoxy) is 3. The Bertz CT molecular complexity index is 773. The number of hydrogen-bond acceptors (Lipinski definition) is 6. The zero-order chi connectivity index (χ0) is 19.6. The molecule has 0 saturated carbocycles. The van der Waals surface area contributed by atoms with E-state index in [1.165, 1.54) is 6.92 Å². The fourth-order valence-corrected chi connectivity index (χ4v) is 2.18. The lowest BCUT2D eigenvalue weighted by atomic mass is 10.1. The lowest BCUT2D eigenvalue weighted by Crippen LogP contribution is -2.36. The highest BCUT2D eigenvalue weighted by Crippen LogP contribution is 2.18. The Balaban J connectivity index is 1.73. The van der Waals surface area contributed by atoms with Crippen molar-refractivity contribution in [3.05, 3.63) is 60.2 Å². The summed E-state index contributed by atoms with van der Waals surface area (Å²) < 4.78 is 15.4. The molecular weight excluding hydrogens is 350 g/mol. The fraction of sp³-hybridized carbons (Fsp3) is 0.250. The monoisotopic (exact) mass is 371 g/mol. The summed E-state index contributed by atoms with van der Waals surface area (Å²) in [6, 6.07) is 15.7. The first kappa shape index (κ1) is 20.0. The molecule has 0 bridgehead atoms. The maximum Gasteiger partial charge on any atom is 0.347 e. The van der Waals surface area contributed by atoms with Crippen LogP contribution in [0.1, 0.15) is 12.5 Å². The molecule has 0 aliphatic heterocycles. The number of esters is 1. The molecule has 1 N–H and O–H groups in total. The van der Waals surface area contributed by atoms with Crippen LogP contribution >= 0.6 is 0 Å². The van der Waals surface area contributed by atoms with Crippen LogP contribution in [0.5, 0.6) is 11.5 Å². The largest absolute Gasteiger partial charge is 0.497 e. The molecule has 2 rings (SSSR count). The van der Waals surface area contributed by atoms with Crippen molar-refractivity contribution in [2.24, 2.45) is 0 Å². The maximum atomic E-state index is 11.9. The van der Waals surface area contributed by atoms with Gasteiger partial charge in [0.25, 0.3) is 5.91 Å². The second kappa shape index (κ2) is 9.96. The molecule has 0 fully saturated rings. The average molecular weight is 371 g/mol. The Morgan fingerprint density at radius 3 is 2.19 bits per heavy atom. The smallest absolute Gasteiger partial charge is 0.347 e. The van der Waals surface area contributed by atoms with Crippen molar-refractivity contribution in [3.63, 3.8) is 0 Å². The van der Waals surface area contributed by atoms with Gasteiger partial charge in [-0.25, -0.2) is 4.79 Å². The summed E-state index contributed by atoms with van der Waals surface area (Å²) in [6.07, 6.45) is -0.844. The summed E-state index contributed by atoms with van der Waals surface area (Å²) in [5.41, 5.74) is 0.779. The first-order chi connectivity index (χ1) is 13.0. The van der Waals surface area contributed by atoms with Crippen molar-refractivity contribution in [1.29, 1.82) is 0 Å². The van der Waals surface area contributed by atoms with Crippen LogP contribution < -0.4 is 14.8 Å². The number of hydrogen-bond donors (Lipinski definition) is 1. The fourth-order valence-electron chi connectivity index (χ4n) is 2.18. The van der Waals surface area contributed by atoms with Gasteiger partial charge in [-0.15, -0.1) is 0 Å². The second-order valence-electron chi connectivity index (χ2n) is 5.68. The first-order valence-corrected chi connectivity index (χ1v) is 8.32. The first-order valence-electron chi connectivity index (χ1n) is 8.32.